The molecule has 0 radical (unpaired) electrons. The fourth-order valence-electron chi connectivity index (χ4n) is 2.17. The number of anilines is 1. The van der Waals surface area contributed by atoms with Crippen molar-refractivity contribution >= 4 is 5.69 Å². The molecule has 1 aromatic heterocycles. The summed E-state index contributed by atoms with van der Waals surface area (Å²) in [6, 6.07) is 8.60. The van der Waals surface area contributed by atoms with Crippen molar-refractivity contribution in [3.63, 3.8) is 0 Å². The Bertz CT molecular complexity index is 637. The molecule has 2 heterocycles. The maximum absolute atomic E-state index is 13.4. The van der Waals surface area contributed by atoms with E-state index in [1.807, 2.05) is 31.5 Å². The van der Waals surface area contributed by atoms with Crippen LogP contribution in [0.1, 0.15) is 5.69 Å². The standard InChI is InChI=1S/C15H14FN3/c1-11-7-15(19-6-5-17-10-19)14(9-18-11)12-3-2-4-13(16)8-12/h2-9,17H,10H2,1H3. The Hall–Kier alpha value is -2.36. The van der Waals surface area contributed by atoms with Crippen molar-refractivity contribution in [1.82, 2.24) is 10.3 Å². The van der Waals surface area contributed by atoms with Crippen LogP contribution in [0.3, 0.4) is 0 Å². The molecule has 0 unspecified atom stereocenters. The topological polar surface area (TPSA) is 28.2 Å². The van der Waals surface area contributed by atoms with Crippen LogP contribution in [0.2, 0.25) is 0 Å². The number of nitrogens with one attached hydrogen (secondary N) is 1. The molecule has 1 aliphatic rings. The first-order chi connectivity index (χ1) is 9.24. The van der Waals surface area contributed by atoms with Gasteiger partial charge in [0.1, 0.15) is 5.82 Å². The second-order valence-electron chi connectivity index (χ2n) is 4.50. The molecule has 0 saturated carbocycles. The van der Waals surface area contributed by atoms with Crippen molar-refractivity contribution in [3.8, 4) is 11.1 Å². The van der Waals surface area contributed by atoms with Crippen molar-refractivity contribution in [2.24, 2.45) is 0 Å². The van der Waals surface area contributed by atoms with Crippen molar-refractivity contribution in [3.05, 3.63) is 60.4 Å². The molecule has 1 N–H and O–H groups in total. The Labute approximate surface area is 111 Å². The molecule has 3 rings (SSSR count). The van der Waals surface area contributed by atoms with E-state index in [0.29, 0.717) is 6.67 Å². The number of hydrogen-bond acceptors (Lipinski definition) is 3. The van der Waals surface area contributed by atoms with E-state index in [9.17, 15) is 4.39 Å². The van der Waals surface area contributed by atoms with Crippen LogP contribution < -0.4 is 10.2 Å². The van der Waals surface area contributed by atoms with Crippen LogP contribution >= 0.6 is 0 Å². The fraction of sp³-hybridized carbons (Fsp3) is 0.133. The predicted molar refractivity (Wildman–Crippen MR) is 74.0 cm³/mol. The Morgan fingerprint density at radius 2 is 2.21 bits per heavy atom. The van der Waals surface area contributed by atoms with E-state index in [0.717, 1.165) is 22.5 Å². The lowest BCUT2D eigenvalue weighted by molar-refractivity contribution is 0.628. The highest BCUT2D eigenvalue weighted by molar-refractivity contribution is 5.79. The van der Waals surface area contributed by atoms with E-state index in [2.05, 4.69) is 15.2 Å². The lowest BCUT2D eigenvalue weighted by Crippen LogP contribution is -2.20. The summed E-state index contributed by atoms with van der Waals surface area (Å²) in [4.78, 5) is 6.40. The molecule has 0 amide bonds. The number of aromatic nitrogens is 1. The van der Waals surface area contributed by atoms with Gasteiger partial charge in [0.2, 0.25) is 0 Å². The molecule has 1 aliphatic heterocycles. The first-order valence-electron chi connectivity index (χ1n) is 6.13. The van der Waals surface area contributed by atoms with Gasteiger partial charge in [-0.3, -0.25) is 4.98 Å². The van der Waals surface area contributed by atoms with Crippen LogP contribution in [0, 0.1) is 12.7 Å². The summed E-state index contributed by atoms with van der Waals surface area (Å²) in [5.41, 5.74) is 3.73. The van der Waals surface area contributed by atoms with E-state index < -0.39 is 0 Å². The molecule has 2 aromatic rings. The third-order valence-corrected chi connectivity index (χ3v) is 3.10. The van der Waals surface area contributed by atoms with Crippen LogP contribution in [0.5, 0.6) is 0 Å². The molecule has 0 saturated heterocycles. The molecule has 0 aliphatic carbocycles. The van der Waals surface area contributed by atoms with Gasteiger partial charge in [0, 0.05) is 29.9 Å². The third kappa shape index (κ3) is 2.29. The second kappa shape index (κ2) is 4.72. The van der Waals surface area contributed by atoms with Gasteiger partial charge in [-0.1, -0.05) is 12.1 Å². The van der Waals surface area contributed by atoms with Gasteiger partial charge >= 0.3 is 0 Å². The van der Waals surface area contributed by atoms with Gasteiger partial charge in [-0.05, 0) is 30.7 Å². The molecule has 4 heteroatoms. The van der Waals surface area contributed by atoms with Crippen molar-refractivity contribution in [2.75, 3.05) is 11.6 Å². The van der Waals surface area contributed by atoms with E-state index >= 15 is 0 Å². The lowest BCUT2D eigenvalue weighted by atomic mass is 10.0. The van der Waals surface area contributed by atoms with Gasteiger partial charge in [0.25, 0.3) is 0 Å². The Morgan fingerprint density at radius 3 is 2.95 bits per heavy atom. The molecule has 96 valence electrons. The fourth-order valence-corrected chi connectivity index (χ4v) is 2.17. The second-order valence-corrected chi connectivity index (χ2v) is 4.50. The van der Waals surface area contributed by atoms with Crippen molar-refractivity contribution in [2.45, 2.75) is 6.92 Å². The molecule has 3 nitrogen and oxygen atoms in total. The molecule has 0 bridgehead atoms. The zero-order chi connectivity index (χ0) is 13.2. The molecule has 0 fully saturated rings. The summed E-state index contributed by atoms with van der Waals surface area (Å²) >= 11 is 0. The van der Waals surface area contributed by atoms with E-state index in [1.165, 1.54) is 12.1 Å². The summed E-state index contributed by atoms with van der Waals surface area (Å²) in [5, 5.41) is 3.13. The third-order valence-electron chi connectivity index (χ3n) is 3.10. The highest BCUT2D eigenvalue weighted by atomic mass is 19.1. The molecule has 0 spiro atoms. The molecule has 19 heavy (non-hydrogen) atoms. The van der Waals surface area contributed by atoms with E-state index in [1.54, 1.807) is 12.3 Å². The van der Waals surface area contributed by atoms with E-state index in [-0.39, 0.29) is 5.82 Å². The molecular weight excluding hydrogens is 241 g/mol. The molecule has 0 atom stereocenters. The number of pyridine rings is 1. The quantitative estimate of drug-likeness (QED) is 0.894. The summed E-state index contributed by atoms with van der Waals surface area (Å²) in [6.07, 6.45) is 5.66. The van der Waals surface area contributed by atoms with Gasteiger partial charge < -0.3 is 10.2 Å². The largest absolute Gasteiger partial charge is 0.372 e. The summed E-state index contributed by atoms with van der Waals surface area (Å²) in [6.45, 7) is 2.66. The average Bonchev–Trinajstić information content (AvgIpc) is 2.92. The summed E-state index contributed by atoms with van der Waals surface area (Å²) < 4.78 is 13.4. The number of benzene rings is 1. The number of rotatable bonds is 2. The zero-order valence-electron chi connectivity index (χ0n) is 10.6. The van der Waals surface area contributed by atoms with E-state index in [4.69, 9.17) is 0 Å². The minimum atomic E-state index is -0.237. The summed E-state index contributed by atoms with van der Waals surface area (Å²) in [7, 11) is 0. The first kappa shape index (κ1) is 11.7. The number of halogens is 1. The highest BCUT2D eigenvalue weighted by Gasteiger charge is 2.14. The lowest BCUT2D eigenvalue weighted by Gasteiger charge is -2.19. The van der Waals surface area contributed by atoms with Crippen LogP contribution in [-0.4, -0.2) is 11.7 Å². The number of aryl methyl sites for hydroxylation is 1. The van der Waals surface area contributed by atoms with Crippen molar-refractivity contribution in [1.29, 1.82) is 0 Å². The Balaban J connectivity index is 2.12. The number of hydrogen-bond donors (Lipinski definition) is 1. The molecule has 1 aromatic carbocycles. The SMILES string of the molecule is Cc1cc(N2C=CNC2)c(-c2cccc(F)c2)cn1. The minimum Gasteiger partial charge on any atom is -0.372 e. The first-order valence-corrected chi connectivity index (χ1v) is 6.13. The maximum atomic E-state index is 13.4. The van der Waals surface area contributed by atoms with Crippen LogP contribution in [-0.2, 0) is 0 Å². The van der Waals surface area contributed by atoms with Gasteiger partial charge in [0.05, 0.1) is 12.4 Å². The highest BCUT2D eigenvalue weighted by Crippen LogP contribution is 2.31. The average molecular weight is 255 g/mol. The van der Waals surface area contributed by atoms with Crippen LogP contribution in [0.25, 0.3) is 11.1 Å². The van der Waals surface area contributed by atoms with Crippen LogP contribution in [0.15, 0.2) is 48.9 Å². The number of nitrogens with zero attached hydrogens (tertiary/aromatic N) is 2. The molecular formula is C15H14FN3. The smallest absolute Gasteiger partial charge is 0.123 e. The normalized spacial score (nSPS) is 13.7. The monoisotopic (exact) mass is 255 g/mol. The van der Waals surface area contributed by atoms with Crippen LogP contribution in [0.4, 0.5) is 10.1 Å². The Kier molecular flexibility index (Phi) is 2.91. The van der Waals surface area contributed by atoms with Crippen molar-refractivity contribution < 1.29 is 4.39 Å². The van der Waals surface area contributed by atoms with Gasteiger partial charge in [-0.15, -0.1) is 0 Å². The predicted octanol–water partition coefficient (Wildman–Crippen LogP) is 3.03. The minimum absolute atomic E-state index is 0.237. The maximum Gasteiger partial charge on any atom is 0.123 e. The van der Waals surface area contributed by atoms with Gasteiger partial charge in [0.15, 0.2) is 0 Å². The van der Waals surface area contributed by atoms with Gasteiger partial charge in [-0.25, -0.2) is 4.39 Å². The Morgan fingerprint density at radius 1 is 1.32 bits per heavy atom. The van der Waals surface area contributed by atoms with Gasteiger partial charge in [-0.2, -0.15) is 0 Å². The summed E-state index contributed by atoms with van der Waals surface area (Å²) in [5.74, 6) is -0.237. The zero-order valence-corrected chi connectivity index (χ0v) is 10.6.